The average Bonchev–Trinajstić information content (AvgIpc) is 2.62. The van der Waals surface area contributed by atoms with E-state index in [0.29, 0.717) is 5.92 Å². The Morgan fingerprint density at radius 1 is 1.12 bits per heavy atom. The number of carbonyl (C=O) groups excluding carboxylic acids is 2. The standard InChI is InChI=1S/C20H22BrNO3/c1-3-14(2)17-6-4-5-7-18(17)22-19(23)13-25-20(24)12-15-8-10-16(21)11-9-15/h4-11,14H,3,12-13H2,1-2H3,(H,22,23)/t14-/m0/s1. The number of carbonyl (C=O) groups is 2. The summed E-state index contributed by atoms with van der Waals surface area (Å²) in [6.07, 6.45) is 1.12. The van der Waals surface area contributed by atoms with Gasteiger partial charge in [-0.2, -0.15) is 0 Å². The molecular formula is C20H22BrNO3. The maximum absolute atomic E-state index is 12.1. The first kappa shape index (κ1) is 19.2. The molecule has 1 N–H and O–H groups in total. The summed E-state index contributed by atoms with van der Waals surface area (Å²) in [7, 11) is 0. The minimum absolute atomic E-state index is 0.143. The van der Waals surface area contributed by atoms with E-state index in [9.17, 15) is 9.59 Å². The van der Waals surface area contributed by atoms with Crippen molar-refractivity contribution in [1.29, 1.82) is 0 Å². The van der Waals surface area contributed by atoms with Crippen LogP contribution in [-0.2, 0) is 20.7 Å². The molecule has 0 unspecified atom stereocenters. The second kappa shape index (κ2) is 9.37. The lowest BCUT2D eigenvalue weighted by Crippen LogP contribution is -2.22. The molecule has 0 radical (unpaired) electrons. The van der Waals surface area contributed by atoms with Crippen LogP contribution in [0.4, 0.5) is 5.69 Å². The van der Waals surface area contributed by atoms with Crippen LogP contribution in [0.3, 0.4) is 0 Å². The van der Waals surface area contributed by atoms with Crippen molar-refractivity contribution in [2.75, 3.05) is 11.9 Å². The summed E-state index contributed by atoms with van der Waals surface area (Å²) >= 11 is 3.34. The minimum Gasteiger partial charge on any atom is -0.455 e. The van der Waals surface area contributed by atoms with Gasteiger partial charge in [-0.3, -0.25) is 9.59 Å². The first-order valence-corrected chi connectivity index (χ1v) is 9.07. The molecule has 132 valence electrons. The first-order chi connectivity index (χ1) is 12.0. The van der Waals surface area contributed by atoms with Gasteiger partial charge in [-0.05, 0) is 41.7 Å². The van der Waals surface area contributed by atoms with E-state index >= 15 is 0 Å². The van der Waals surface area contributed by atoms with Crippen LogP contribution in [0.25, 0.3) is 0 Å². The number of ether oxygens (including phenoxy) is 1. The third-order valence-corrected chi connectivity index (χ3v) is 4.53. The largest absolute Gasteiger partial charge is 0.455 e. The molecule has 0 aliphatic carbocycles. The maximum Gasteiger partial charge on any atom is 0.310 e. The summed E-state index contributed by atoms with van der Waals surface area (Å²) in [5.41, 5.74) is 2.70. The summed E-state index contributed by atoms with van der Waals surface area (Å²) in [5.74, 6) is -0.413. The second-order valence-corrected chi connectivity index (χ2v) is 6.82. The first-order valence-electron chi connectivity index (χ1n) is 8.28. The normalized spacial score (nSPS) is 11.6. The highest BCUT2D eigenvalue weighted by atomic mass is 79.9. The molecule has 0 fully saturated rings. The van der Waals surface area contributed by atoms with Crippen molar-refractivity contribution < 1.29 is 14.3 Å². The van der Waals surface area contributed by atoms with Crippen LogP contribution in [0, 0.1) is 0 Å². The SMILES string of the molecule is CC[C@H](C)c1ccccc1NC(=O)COC(=O)Cc1ccc(Br)cc1. The zero-order chi connectivity index (χ0) is 18.2. The van der Waals surface area contributed by atoms with Gasteiger partial charge in [0.1, 0.15) is 0 Å². The van der Waals surface area contributed by atoms with Crippen LogP contribution in [-0.4, -0.2) is 18.5 Å². The van der Waals surface area contributed by atoms with Crippen molar-refractivity contribution in [2.45, 2.75) is 32.6 Å². The highest BCUT2D eigenvalue weighted by Crippen LogP contribution is 2.26. The molecular weight excluding hydrogens is 382 g/mol. The Morgan fingerprint density at radius 3 is 2.48 bits per heavy atom. The van der Waals surface area contributed by atoms with E-state index in [4.69, 9.17) is 4.74 Å². The predicted molar refractivity (Wildman–Crippen MR) is 103 cm³/mol. The highest BCUT2D eigenvalue weighted by molar-refractivity contribution is 9.10. The fraction of sp³-hybridized carbons (Fsp3) is 0.300. The van der Waals surface area contributed by atoms with Crippen LogP contribution in [0.2, 0.25) is 0 Å². The lowest BCUT2D eigenvalue weighted by atomic mass is 9.97. The van der Waals surface area contributed by atoms with Crippen molar-refractivity contribution in [3.8, 4) is 0 Å². The molecule has 0 saturated carbocycles. The monoisotopic (exact) mass is 403 g/mol. The summed E-state index contributed by atoms with van der Waals surface area (Å²) < 4.78 is 6.02. The van der Waals surface area contributed by atoms with Crippen molar-refractivity contribution in [1.82, 2.24) is 0 Å². The number of halogens is 1. The molecule has 0 aliphatic rings. The lowest BCUT2D eigenvalue weighted by Gasteiger charge is -2.15. The van der Waals surface area contributed by atoms with Crippen molar-refractivity contribution in [2.24, 2.45) is 0 Å². The fourth-order valence-corrected chi connectivity index (χ4v) is 2.68. The van der Waals surface area contributed by atoms with Crippen LogP contribution >= 0.6 is 15.9 Å². The maximum atomic E-state index is 12.1. The molecule has 0 aliphatic heterocycles. The number of esters is 1. The van der Waals surface area contributed by atoms with E-state index < -0.39 is 5.97 Å². The Bertz CT molecular complexity index is 728. The summed E-state index contributed by atoms with van der Waals surface area (Å²) in [4.78, 5) is 23.9. The van der Waals surface area contributed by atoms with E-state index in [0.717, 1.165) is 27.7 Å². The van der Waals surface area contributed by atoms with Gasteiger partial charge >= 0.3 is 5.97 Å². The Hall–Kier alpha value is -2.14. The molecule has 1 amide bonds. The van der Waals surface area contributed by atoms with E-state index in [2.05, 4.69) is 35.1 Å². The van der Waals surface area contributed by atoms with Gasteiger partial charge in [-0.25, -0.2) is 0 Å². The Labute approximate surface area is 156 Å². The summed E-state index contributed by atoms with van der Waals surface area (Å²) in [6.45, 7) is 3.93. The molecule has 2 aromatic carbocycles. The number of anilines is 1. The third kappa shape index (κ3) is 6.02. The number of rotatable bonds is 7. The molecule has 2 aromatic rings. The number of nitrogens with one attached hydrogen (secondary N) is 1. The Kier molecular flexibility index (Phi) is 7.19. The number of amides is 1. The molecule has 0 spiro atoms. The zero-order valence-corrected chi connectivity index (χ0v) is 16.0. The molecule has 2 rings (SSSR count). The van der Waals surface area contributed by atoms with Crippen LogP contribution in [0.5, 0.6) is 0 Å². The van der Waals surface area contributed by atoms with Gasteiger partial charge in [0.05, 0.1) is 6.42 Å². The lowest BCUT2D eigenvalue weighted by molar-refractivity contribution is -0.146. The highest BCUT2D eigenvalue weighted by Gasteiger charge is 2.13. The topological polar surface area (TPSA) is 55.4 Å². The van der Waals surface area contributed by atoms with Gasteiger partial charge < -0.3 is 10.1 Å². The number of hydrogen-bond acceptors (Lipinski definition) is 3. The summed E-state index contributed by atoms with van der Waals surface area (Å²) in [6, 6.07) is 15.1. The molecule has 0 heterocycles. The van der Waals surface area contributed by atoms with Gasteiger partial charge in [0.25, 0.3) is 5.91 Å². The Balaban J connectivity index is 1.86. The van der Waals surface area contributed by atoms with Crippen molar-refractivity contribution in [3.05, 3.63) is 64.1 Å². The molecule has 4 nitrogen and oxygen atoms in total. The average molecular weight is 404 g/mol. The van der Waals surface area contributed by atoms with Gasteiger partial charge in [0.2, 0.25) is 0 Å². The van der Waals surface area contributed by atoms with E-state index in [-0.39, 0.29) is 18.9 Å². The molecule has 25 heavy (non-hydrogen) atoms. The van der Waals surface area contributed by atoms with E-state index in [1.54, 1.807) is 0 Å². The van der Waals surface area contributed by atoms with E-state index in [1.165, 1.54) is 0 Å². The zero-order valence-electron chi connectivity index (χ0n) is 14.4. The van der Waals surface area contributed by atoms with Crippen molar-refractivity contribution >= 4 is 33.5 Å². The minimum atomic E-state index is -0.423. The number of hydrogen-bond donors (Lipinski definition) is 1. The van der Waals surface area contributed by atoms with Crippen molar-refractivity contribution in [3.63, 3.8) is 0 Å². The predicted octanol–water partition coefficient (Wildman–Crippen LogP) is 4.69. The molecule has 0 bridgehead atoms. The van der Waals surface area contributed by atoms with Gasteiger partial charge in [0.15, 0.2) is 6.61 Å². The smallest absolute Gasteiger partial charge is 0.310 e. The second-order valence-electron chi connectivity index (χ2n) is 5.91. The quantitative estimate of drug-likeness (QED) is 0.682. The number of para-hydroxylation sites is 1. The Morgan fingerprint density at radius 2 is 1.80 bits per heavy atom. The van der Waals surface area contributed by atoms with Gasteiger partial charge in [-0.15, -0.1) is 0 Å². The molecule has 0 saturated heterocycles. The van der Waals surface area contributed by atoms with E-state index in [1.807, 2.05) is 48.5 Å². The number of benzene rings is 2. The third-order valence-electron chi connectivity index (χ3n) is 4.00. The fourth-order valence-electron chi connectivity index (χ4n) is 2.41. The van der Waals surface area contributed by atoms with Crippen LogP contribution in [0.1, 0.15) is 37.3 Å². The van der Waals surface area contributed by atoms with Crippen LogP contribution < -0.4 is 5.32 Å². The van der Waals surface area contributed by atoms with Gasteiger partial charge in [0, 0.05) is 10.2 Å². The molecule has 0 aromatic heterocycles. The summed E-state index contributed by atoms with van der Waals surface area (Å²) in [5, 5.41) is 2.83. The molecule has 5 heteroatoms. The molecule has 1 atom stereocenters. The van der Waals surface area contributed by atoms with Crippen LogP contribution in [0.15, 0.2) is 53.0 Å². The van der Waals surface area contributed by atoms with Gasteiger partial charge in [-0.1, -0.05) is 60.1 Å².